The summed E-state index contributed by atoms with van der Waals surface area (Å²) in [7, 11) is 0. The van der Waals surface area contributed by atoms with Crippen molar-refractivity contribution >= 4 is 11.7 Å². The van der Waals surface area contributed by atoms with Crippen LogP contribution in [0.2, 0.25) is 0 Å². The number of nitrogens with zero attached hydrogens (tertiary/aromatic N) is 4. The molecule has 210 valence electrons. The second-order valence-corrected chi connectivity index (χ2v) is 11.2. The number of alkyl halides is 3. The summed E-state index contributed by atoms with van der Waals surface area (Å²) >= 11 is 0. The zero-order valence-corrected chi connectivity index (χ0v) is 23.0. The van der Waals surface area contributed by atoms with Crippen LogP contribution in [-0.2, 0) is 22.3 Å². The summed E-state index contributed by atoms with van der Waals surface area (Å²) in [4.78, 5) is 10.9. The first-order chi connectivity index (χ1) is 19.1. The molecule has 1 unspecified atom stereocenters. The second kappa shape index (κ2) is 11.1. The minimum Gasteiger partial charge on any atom is -0.440 e. The van der Waals surface area contributed by atoms with Crippen LogP contribution in [0.5, 0.6) is 0 Å². The van der Waals surface area contributed by atoms with Gasteiger partial charge in [-0.05, 0) is 73.1 Å². The summed E-state index contributed by atoms with van der Waals surface area (Å²) in [5.41, 5.74) is 2.39. The second-order valence-electron chi connectivity index (χ2n) is 11.2. The van der Waals surface area contributed by atoms with Crippen LogP contribution in [-0.4, -0.2) is 36.1 Å². The molecule has 1 aliphatic carbocycles. The molecule has 1 atom stereocenters. The lowest BCUT2D eigenvalue weighted by atomic mass is 9.81. The zero-order valence-electron chi connectivity index (χ0n) is 23.0. The van der Waals surface area contributed by atoms with Crippen LogP contribution in [0.4, 0.5) is 19.0 Å². The van der Waals surface area contributed by atoms with E-state index in [1.54, 1.807) is 0 Å². The van der Waals surface area contributed by atoms with Crippen LogP contribution in [0.3, 0.4) is 0 Å². The van der Waals surface area contributed by atoms with Crippen LogP contribution in [0.25, 0.3) is 0 Å². The lowest BCUT2D eigenvalue weighted by Gasteiger charge is -2.32. The van der Waals surface area contributed by atoms with Crippen molar-refractivity contribution in [3.8, 4) is 6.07 Å². The number of aliphatic imine (C=N–C) groups is 1. The molecular formula is C31H33F3N4O2. The highest BCUT2D eigenvalue weighted by atomic mass is 19.4. The number of aromatic nitrogens is 1. The van der Waals surface area contributed by atoms with E-state index in [1.807, 2.05) is 42.2 Å². The number of halogens is 3. The van der Waals surface area contributed by atoms with Gasteiger partial charge in [-0.3, -0.25) is 0 Å². The summed E-state index contributed by atoms with van der Waals surface area (Å²) < 4.78 is 50.6. The minimum absolute atomic E-state index is 0.223. The number of hydrogen-bond donors (Lipinski definition) is 0. The Hall–Kier alpha value is -3.64. The van der Waals surface area contributed by atoms with Crippen molar-refractivity contribution in [1.82, 2.24) is 4.98 Å². The van der Waals surface area contributed by atoms with Crippen molar-refractivity contribution in [3.63, 3.8) is 0 Å². The number of piperidine rings is 1. The Balaban J connectivity index is 1.11. The molecule has 1 fully saturated rings. The third kappa shape index (κ3) is 5.92. The third-order valence-corrected chi connectivity index (χ3v) is 7.77. The van der Waals surface area contributed by atoms with Crippen LogP contribution in [0.1, 0.15) is 56.7 Å². The van der Waals surface area contributed by atoms with Crippen LogP contribution >= 0.6 is 0 Å². The van der Waals surface area contributed by atoms with Gasteiger partial charge in [-0.2, -0.15) is 18.4 Å². The monoisotopic (exact) mass is 550 g/mol. The van der Waals surface area contributed by atoms with Crippen LogP contribution in [0, 0.1) is 23.2 Å². The van der Waals surface area contributed by atoms with Crippen LogP contribution in [0.15, 0.2) is 70.6 Å². The van der Waals surface area contributed by atoms with E-state index in [4.69, 9.17) is 14.5 Å². The molecule has 1 saturated heterocycles. The minimum atomic E-state index is -4.37. The van der Waals surface area contributed by atoms with E-state index in [0.717, 1.165) is 66.2 Å². The molecule has 0 radical (unpaired) electrons. The van der Waals surface area contributed by atoms with Crippen molar-refractivity contribution in [2.45, 2.75) is 58.4 Å². The zero-order chi connectivity index (χ0) is 28.5. The molecule has 3 aliphatic rings. The Labute approximate surface area is 232 Å². The Morgan fingerprint density at radius 3 is 2.48 bits per heavy atom. The molecule has 5 rings (SSSR count). The summed E-state index contributed by atoms with van der Waals surface area (Å²) in [5, 5.41) is 9.50. The first kappa shape index (κ1) is 27.9. The number of pyridine rings is 1. The van der Waals surface area contributed by atoms with Crippen molar-refractivity contribution in [2.75, 3.05) is 24.6 Å². The number of fused-ring (bicyclic) bond motifs is 1. The maximum absolute atomic E-state index is 12.8. The molecule has 1 aromatic heterocycles. The van der Waals surface area contributed by atoms with Gasteiger partial charge in [-0.25, -0.2) is 9.98 Å². The number of ether oxygens (including phenoxy) is 2. The van der Waals surface area contributed by atoms with Crippen molar-refractivity contribution < 1.29 is 22.6 Å². The molecule has 40 heavy (non-hydrogen) atoms. The van der Waals surface area contributed by atoms with Crippen molar-refractivity contribution in [1.29, 1.82) is 5.26 Å². The quantitative estimate of drug-likeness (QED) is 0.378. The molecule has 0 amide bonds. The lowest BCUT2D eigenvalue weighted by Crippen LogP contribution is -2.35. The molecule has 0 bridgehead atoms. The summed E-state index contributed by atoms with van der Waals surface area (Å²) in [6.07, 6.45) is 0.793. The van der Waals surface area contributed by atoms with Gasteiger partial charge in [0.15, 0.2) is 0 Å². The fraction of sp³-hybridized carbons (Fsp3) is 0.452. The predicted octanol–water partition coefficient (Wildman–Crippen LogP) is 6.83. The fourth-order valence-electron chi connectivity index (χ4n) is 5.45. The highest BCUT2D eigenvalue weighted by Gasteiger charge is 2.43. The van der Waals surface area contributed by atoms with Crippen molar-refractivity contribution in [3.05, 3.63) is 82.3 Å². The van der Waals surface area contributed by atoms with Gasteiger partial charge in [-0.15, -0.1) is 0 Å². The van der Waals surface area contributed by atoms with Gasteiger partial charge in [0.2, 0.25) is 5.90 Å². The molecule has 0 N–H and O–H groups in total. The SMILES string of the molecule is CC(C)C1=C2OC(c3ccc(COCC4CCN(c5ccc(C(F)(F)F)cn5)CC4)cc3)=NC2(C)CC(C#N)=C1. The summed E-state index contributed by atoms with van der Waals surface area (Å²) in [6, 6.07) is 12.8. The van der Waals surface area contributed by atoms with Gasteiger partial charge in [-0.1, -0.05) is 26.0 Å². The molecule has 3 heterocycles. The fourth-order valence-corrected chi connectivity index (χ4v) is 5.45. The largest absolute Gasteiger partial charge is 0.440 e. The Morgan fingerprint density at radius 1 is 1.15 bits per heavy atom. The number of rotatable bonds is 7. The number of anilines is 1. The normalized spacial score (nSPS) is 21.6. The van der Waals surface area contributed by atoms with Gasteiger partial charge < -0.3 is 14.4 Å². The van der Waals surface area contributed by atoms with Gasteiger partial charge in [0.1, 0.15) is 17.1 Å². The average molecular weight is 551 g/mol. The molecule has 6 nitrogen and oxygen atoms in total. The first-order valence-electron chi connectivity index (χ1n) is 13.6. The molecular weight excluding hydrogens is 517 g/mol. The number of nitriles is 1. The molecule has 2 aliphatic heterocycles. The Bertz CT molecular complexity index is 1360. The number of hydrogen-bond acceptors (Lipinski definition) is 6. The molecule has 0 saturated carbocycles. The van der Waals surface area contributed by atoms with E-state index in [1.165, 1.54) is 6.07 Å². The van der Waals surface area contributed by atoms with Gasteiger partial charge >= 0.3 is 6.18 Å². The molecule has 1 aromatic carbocycles. The third-order valence-electron chi connectivity index (χ3n) is 7.77. The highest BCUT2D eigenvalue weighted by molar-refractivity contribution is 5.97. The van der Waals surface area contributed by atoms with E-state index in [-0.39, 0.29) is 5.92 Å². The molecule has 9 heteroatoms. The van der Waals surface area contributed by atoms with Gasteiger partial charge in [0.05, 0.1) is 18.2 Å². The topological polar surface area (TPSA) is 70.7 Å². The van der Waals surface area contributed by atoms with Crippen LogP contribution < -0.4 is 4.90 Å². The van der Waals surface area contributed by atoms with E-state index < -0.39 is 17.3 Å². The first-order valence-corrected chi connectivity index (χ1v) is 13.6. The maximum Gasteiger partial charge on any atom is 0.417 e. The maximum atomic E-state index is 12.8. The highest BCUT2D eigenvalue weighted by Crippen LogP contribution is 2.43. The van der Waals surface area contributed by atoms with E-state index in [2.05, 4.69) is 24.9 Å². The van der Waals surface area contributed by atoms with E-state index in [9.17, 15) is 18.4 Å². The number of allylic oxidation sites excluding steroid dienone is 2. The van der Waals surface area contributed by atoms with E-state index in [0.29, 0.717) is 37.3 Å². The summed E-state index contributed by atoms with van der Waals surface area (Å²) in [6.45, 7) is 8.81. The number of benzene rings is 1. The molecule has 2 aromatic rings. The van der Waals surface area contributed by atoms with Crippen molar-refractivity contribution in [2.24, 2.45) is 16.8 Å². The average Bonchev–Trinajstić information content (AvgIpc) is 3.30. The van der Waals surface area contributed by atoms with Gasteiger partial charge in [0, 0.05) is 43.5 Å². The Morgan fingerprint density at radius 2 is 1.88 bits per heavy atom. The molecule has 0 spiro atoms. The standard InChI is InChI=1S/C31H33F3N4O2/c1-20(2)26-14-23(16-35)15-30(3)28(26)40-29(37-30)24-6-4-21(5-7-24)18-39-19-22-10-12-38(13-11-22)27-9-8-25(17-36-27)31(32,33)34/h4-9,14,17,20,22H,10-13,15,18-19H2,1-3H3. The summed E-state index contributed by atoms with van der Waals surface area (Å²) in [5.74, 6) is 2.61. The Kier molecular flexibility index (Phi) is 7.74. The smallest absolute Gasteiger partial charge is 0.417 e. The predicted molar refractivity (Wildman–Crippen MR) is 146 cm³/mol. The lowest BCUT2D eigenvalue weighted by molar-refractivity contribution is -0.137. The van der Waals surface area contributed by atoms with Gasteiger partial charge in [0.25, 0.3) is 0 Å². The van der Waals surface area contributed by atoms with E-state index >= 15 is 0 Å².